The summed E-state index contributed by atoms with van der Waals surface area (Å²) >= 11 is 0. The molecule has 0 saturated heterocycles. The molecule has 0 bridgehead atoms. The molecular formula is C27H27N3O4. The summed E-state index contributed by atoms with van der Waals surface area (Å²) in [6, 6.07) is 19.5. The summed E-state index contributed by atoms with van der Waals surface area (Å²) in [6.07, 6.45) is 0.750. The molecule has 7 nitrogen and oxygen atoms in total. The molecule has 3 amide bonds. The fourth-order valence-corrected chi connectivity index (χ4v) is 4.23. The molecular weight excluding hydrogens is 430 g/mol. The lowest BCUT2D eigenvalue weighted by atomic mass is 9.94. The van der Waals surface area contributed by atoms with E-state index in [0.29, 0.717) is 34.6 Å². The number of hydrogen-bond acceptors (Lipinski definition) is 4. The first-order valence-electron chi connectivity index (χ1n) is 11.2. The number of esters is 1. The zero-order chi connectivity index (χ0) is 24.2. The average Bonchev–Trinajstić information content (AvgIpc) is 2.85. The van der Waals surface area contributed by atoms with Gasteiger partial charge in [-0.2, -0.15) is 0 Å². The highest BCUT2D eigenvalue weighted by atomic mass is 16.5. The second-order valence-electron chi connectivity index (χ2n) is 8.17. The number of rotatable bonds is 6. The van der Waals surface area contributed by atoms with Crippen LogP contribution in [0.2, 0.25) is 0 Å². The second-order valence-corrected chi connectivity index (χ2v) is 8.17. The van der Waals surface area contributed by atoms with Crippen molar-refractivity contribution in [3.8, 4) is 0 Å². The van der Waals surface area contributed by atoms with E-state index >= 15 is 0 Å². The van der Waals surface area contributed by atoms with Gasteiger partial charge in [-0.05, 0) is 53.9 Å². The lowest BCUT2D eigenvalue weighted by molar-refractivity contribution is -0.136. The maximum absolute atomic E-state index is 12.9. The predicted octanol–water partition coefficient (Wildman–Crippen LogP) is 5.02. The number of fused-ring (bicyclic) bond motifs is 1. The highest BCUT2D eigenvalue weighted by Gasteiger charge is 2.36. The second kappa shape index (κ2) is 9.79. The Kier molecular flexibility index (Phi) is 6.63. The van der Waals surface area contributed by atoms with Gasteiger partial charge in [-0.3, -0.25) is 9.69 Å². The van der Waals surface area contributed by atoms with Gasteiger partial charge in [-0.1, -0.05) is 49.4 Å². The van der Waals surface area contributed by atoms with Gasteiger partial charge < -0.3 is 15.4 Å². The number of allylic oxidation sites excluding steroid dienone is 1. The van der Waals surface area contributed by atoms with E-state index in [9.17, 15) is 14.4 Å². The van der Waals surface area contributed by atoms with Crippen molar-refractivity contribution in [1.82, 2.24) is 10.2 Å². The molecule has 1 heterocycles. The molecule has 0 aliphatic carbocycles. The van der Waals surface area contributed by atoms with Crippen molar-refractivity contribution in [1.29, 1.82) is 0 Å². The van der Waals surface area contributed by atoms with Gasteiger partial charge in [0, 0.05) is 23.5 Å². The number of carbonyl (C=O) groups is 3. The smallest absolute Gasteiger partial charge is 0.337 e. The maximum atomic E-state index is 12.9. The summed E-state index contributed by atoms with van der Waals surface area (Å²) in [5.74, 6) is -0.751. The minimum absolute atomic E-state index is 0.246. The molecule has 3 aromatic rings. The summed E-state index contributed by atoms with van der Waals surface area (Å²) in [4.78, 5) is 39.9. The van der Waals surface area contributed by atoms with Crippen molar-refractivity contribution in [2.24, 2.45) is 0 Å². The average molecular weight is 458 g/mol. The minimum atomic E-state index is -0.689. The number of benzene rings is 3. The maximum Gasteiger partial charge on any atom is 0.337 e. The molecule has 0 radical (unpaired) electrons. The van der Waals surface area contributed by atoms with Crippen LogP contribution in [-0.2, 0) is 9.53 Å². The number of methoxy groups -OCH3 is 1. The van der Waals surface area contributed by atoms with Crippen LogP contribution < -0.4 is 10.6 Å². The summed E-state index contributed by atoms with van der Waals surface area (Å²) in [5, 5.41) is 7.87. The largest absolute Gasteiger partial charge is 0.466 e. The molecule has 1 atom stereocenters. The molecule has 34 heavy (non-hydrogen) atoms. The molecule has 0 aromatic heterocycles. The van der Waals surface area contributed by atoms with E-state index in [1.807, 2.05) is 49.4 Å². The number of amides is 3. The van der Waals surface area contributed by atoms with Gasteiger partial charge in [0.2, 0.25) is 0 Å². The lowest BCUT2D eigenvalue weighted by Gasteiger charge is -2.35. The standard InChI is InChI=1S/C27H27N3O4/c1-4-14-30-17(2)23(26(32)34-3)24(29-27(30)33)20-10-7-11-22(16-20)28-25(31)21-13-12-18-8-5-6-9-19(18)15-21/h5-13,15-16,24H,4,14H2,1-3H3,(H,28,31)(H,29,33). The number of hydrogen-bond donors (Lipinski definition) is 2. The fourth-order valence-electron chi connectivity index (χ4n) is 4.23. The quantitative estimate of drug-likeness (QED) is 0.509. The summed E-state index contributed by atoms with van der Waals surface area (Å²) < 4.78 is 5.02. The number of nitrogens with zero attached hydrogens (tertiary/aromatic N) is 1. The Balaban J connectivity index is 1.63. The van der Waals surface area contributed by atoms with Crippen LogP contribution >= 0.6 is 0 Å². The molecule has 2 N–H and O–H groups in total. The number of carbonyl (C=O) groups excluding carboxylic acids is 3. The first-order valence-corrected chi connectivity index (χ1v) is 11.2. The Morgan fingerprint density at radius 1 is 1.03 bits per heavy atom. The number of nitrogens with one attached hydrogen (secondary N) is 2. The molecule has 1 aliphatic rings. The van der Waals surface area contributed by atoms with Crippen LogP contribution in [0.3, 0.4) is 0 Å². The molecule has 0 spiro atoms. The summed E-state index contributed by atoms with van der Waals surface area (Å²) in [6.45, 7) is 4.21. The van der Waals surface area contributed by atoms with E-state index in [4.69, 9.17) is 4.74 Å². The summed E-state index contributed by atoms with van der Waals surface area (Å²) in [7, 11) is 1.32. The van der Waals surface area contributed by atoms with Gasteiger partial charge in [0.05, 0.1) is 18.7 Å². The van der Waals surface area contributed by atoms with Crippen LogP contribution in [0.1, 0.15) is 42.2 Å². The van der Waals surface area contributed by atoms with Gasteiger partial charge in [0.15, 0.2) is 0 Å². The Hall–Kier alpha value is -4.13. The van der Waals surface area contributed by atoms with Crippen molar-refractivity contribution < 1.29 is 19.1 Å². The molecule has 7 heteroatoms. The highest BCUT2D eigenvalue weighted by Crippen LogP contribution is 2.32. The Morgan fingerprint density at radius 3 is 2.53 bits per heavy atom. The highest BCUT2D eigenvalue weighted by molar-refractivity contribution is 6.06. The van der Waals surface area contributed by atoms with E-state index in [2.05, 4.69) is 10.6 Å². The monoisotopic (exact) mass is 457 g/mol. The van der Waals surface area contributed by atoms with Gasteiger partial charge in [0.25, 0.3) is 5.91 Å². The third kappa shape index (κ3) is 4.50. The van der Waals surface area contributed by atoms with Crippen LogP contribution in [0.5, 0.6) is 0 Å². The molecule has 0 fully saturated rings. The van der Waals surface area contributed by atoms with E-state index in [1.165, 1.54) is 7.11 Å². The fraction of sp³-hybridized carbons (Fsp3) is 0.222. The topological polar surface area (TPSA) is 87.7 Å². The van der Waals surface area contributed by atoms with Gasteiger partial charge in [-0.25, -0.2) is 9.59 Å². The zero-order valence-corrected chi connectivity index (χ0v) is 19.4. The molecule has 1 unspecified atom stereocenters. The van der Waals surface area contributed by atoms with E-state index in [1.54, 1.807) is 36.1 Å². The SMILES string of the molecule is CCCN1C(=O)NC(c2cccc(NC(=O)c3ccc4ccccc4c3)c2)C(C(=O)OC)=C1C. The van der Waals surface area contributed by atoms with Crippen molar-refractivity contribution in [3.05, 3.63) is 89.1 Å². The number of anilines is 1. The molecule has 3 aromatic carbocycles. The van der Waals surface area contributed by atoms with Crippen LogP contribution in [-0.4, -0.2) is 36.5 Å². The molecule has 174 valence electrons. The van der Waals surface area contributed by atoms with Crippen molar-refractivity contribution >= 4 is 34.4 Å². The Morgan fingerprint density at radius 2 is 1.79 bits per heavy atom. The first kappa shape index (κ1) is 23.0. The normalized spacial score (nSPS) is 15.8. The minimum Gasteiger partial charge on any atom is -0.466 e. The van der Waals surface area contributed by atoms with Crippen molar-refractivity contribution in [2.45, 2.75) is 26.3 Å². The molecule has 1 aliphatic heterocycles. The predicted molar refractivity (Wildman–Crippen MR) is 131 cm³/mol. The van der Waals surface area contributed by atoms with Crippen LogP contribution in [0.4, 0.5) is 10.5 Å². The van der Waals surface area contributed by atoms with E-state index < -0.39 is 12.0 Å². The van der Waals surface area contributed by atoms with Crippen LogP contribution in [0.15, 0.2) is 78.0 Å². The van der Waals surface area contributed by atoms with Gasteiger partial charge in [-0.15, -0.1) is 0 Å². The third-order valence-corrected chi connectivity index (χ3v) is 5.94. The Labute approximate surface area is 198 Å². The van der Waals surface area contributed by atoms with E-state index in [0.717, 1.165) is 17.2 Å². The van der Waals surface area contributed by atoms with Crippen LogP contribution in [0, 0.1) is 0 Å². The number of urea groups is 1. The molecule has 4 rings (SSSR count). The van der Waals surface area contributed by atoms with Crippen LogP contribution in [0.25, 0.3) is 10.8 Å². The lowest BCUT2D eigenvalue weighted by Crippen LogP contribution is -2.48. The van der Waals surface area contributed by atoms with Gasteiger partial charge in [0.1, 0.15) is 0 Å². The zero-order valence-electron chi connectivity index (χ0n) is 19.4. The third-order valence-electron chi connectivity index (χ3n) is 5.94. The number of ether oxygens (including phenoxy) is 1. The van der Waals surface area contributed by atoms with Crippen molar-refractivity contribution in [3.63, 3.8) is 0 Å². The summed E-state index contributed by atoms with van der Waals surface area (Å²) in [5.41, 5.74) is 2.70. The van der Waals surface area contributed by atoms with E-state index in [-0.39, 0.29) is 11.9 Å². The van der Waals surface area contributed by atoms with Gasteiger partial charge >= 0.3 is 12.0 Å². The molecule has 0 saturated carbocycles. The van der Waals surface area contributed by atoms with Crippen molar-refractivity contribution in [2.75, 3.05) is 19.0 Å². The first-order chi connectivity index (χ1) is 16.4. The Bertz CT molecular complexity index is 1300.